The molecule has 1 rings (SSSR count). The molecule has 0 aliphatic rings. The zero-order valence-electron chi connectivity index (χ0n) is 16.7. The molecule has 0 saturated heterocycles. The van der Waals surface area contributed by atoms with Crippen LogP contribution >= 0.6 is 0 Å². The molecule has 1 aromatic carbocycles. The summed E-state index contributed by atoms with van der Waals surface area (Å²) in [5.74, 6) is 0. The van der Waals surface area contributed by atoms with E-state index in [2.05, 4.69) is 57.1 Å². The molecule has 1 aromatic rings. The van der Waals surface area contributed by atoms with Gasteiger partial charge in [-0.15, -0.1) is 0 Å². The molecular formula is C23H40ClN. The van der Waals surface area contributed by atoms with E-state index in [-0.39, 0.29) is 12.4 Å². The maximum absolute atomic E-state index is 4.08. The Balaban J connectivity index is 0.00000576. The first-order chi connectivity index (χ1) is 11.7. The van der Waals surface area contributed by atoms with Crippen LogP contribution in [0.5, 0.6) is 0 Å². The largest absolute Gasteiger partial charge is 1.00 e. The predicted molar refractivity (Wildman–Crippen MR) is 108 cm³/mol. The van der Waals surface area contributed by atoms with Crippen molar-refractivity contribution in [2.24, 2.45) is 0 Å². The number of hydrogen-bond acceptors (Lipinski definition) is 0. The smallest absolute Gasteiger partial charge is 0.0883 e. The fourth-order valence-electron chi connectivity index (χ4n) is 3.28. The van der Waals surface area contributed by atoms with E-state index in [1.54, 1.807) is 0 Å². The number of quaternary nitrogens is 1. The summed E-state index contributed by atoms with van der Waals surface area (Å²) in [4.78, 5) is 0. The molecule has 0 aliphatic heterocycles. The fraction of sp³-hybridized carbons (Fsp3) is 0.652. The van der Waals surface area contributed by atoms with E-state index >= 15 is 0 Å². The summed E-state index contributed by atoms with van der Waals surface area (Å²) in [5, 5.41) is 0. The molecule has 0 spiro atoms. The molecule has 0 fully saturated rings. The van der Waals surface area contributed by atoms with Crippen LogP contribution in [-0.2, 0) is 6.42 Å². The van der Waals surface area contributed by atoms with Gasteiger partial charge in [-0.05, 0) is 25.0 Å². The molecule has 0 saturated carbocycles. The van der Waals surface area contributed by atoms with Crippen molar-refractivity contribution in [3.63, 3.8) is 0 Å². The van der Waals surface area contributed by atoms with Gasteiger partial charge in [-0.1, -0.05) is 88.6 Å². The number of benzene rings is 1. The van der Waals surface area contributed by atoms with Crippen LogP contribution in [0.25, 0.3) is 0 Å². The van der Waals surface area contributed by atoms with Gasteiger partial charge >= 0.3 is 0 Å². The Bertz CT molecular complexity index is 417. The average molecular weight is 366 g/mol. The molecule has 0 N–H and O–H groups in total. The number of likely N-dealkylation sites (N-methyl/N-ethyl adjacent to an activating group) is 1. The number of nitrogens with zero attached hydrogens (tertiary/aromatic N) is 1. The molecule has 0 bridgehead atoms. The molecule has 0 heterocycles. The van der Waals surface area contributed by atoms with E-state index in [9.17, 15) is 0 Å². The van der Waals surface area contributed by atoms with Crippen LogP contribution in [0.1, 0.15) is 76.7 Å². The maximum atomic E-state index is 4.08. The van der Waals surface area contributed by atoms with Crippen molar-refractivity contribution >= 4 is 0 Å². The van der Waals surface area contributed by atoms with E-state index < -0.39 is 0 Å². The van der Waals surface area contributed by atoms with Gasteiger partial charge in [-0.3, -0.25) is 4.48 Å². The van der Waals surface area contributed by atoms with Crippen molar-refractivity contribution in [2.45, 2.75) is 77.6 Å². The van der Waals surface area contributed by atoms with Crippen molar-refractivity contribution in [3.8, 4) is 0 Å². The molecule has 144 valence electrons. The second kappa shape index (κ2) is 15.5. The van der Waals surface area contributed by atoms with Crippen LogP contribution in [0.4, 0.5) is 0 Å². The normalized spacial score (nSPS) is 13.0. The second-order valence-electron chi connectivity index (χ2n) is 7.53. The molecule has 0 radical (unpaired) electrons. The summed E-state index contributed by atoms with van der Waals surface area (Å²) in [7, 11) is 2.32. The summed E-state index contributed by atoms with van der Waals surface area (Å²) >= 11 is 0. The Labute approximate surface area is 163 Å². The van der Waals surface area contributed by atoms with Crippen LogP contribution in [0.15, 0.2) is 43.1 Å². The number of halogens is 1. The molecule has 1 unspecified atom stereocenters. The summed E-state index contributed by atoms with van der Waals surface area (Å²) in [5.41, 5.74) is 1.44. The minimum atomic E-state index is 0. The lowest BCUT2D eigenvalue weighted by molar-refractivity contribution is -0.859. The Morgan fingerprint density at radius 3 is 1.84 bits per heavy atom. The maximum Gasteiger partial charge on any atom is 0.0883 e. The summed E-state index contributed by atoms with van der Waals surface area (Å²) < 4.78 is 0.992. The van der Waals surface area contributed by atoms with Crippen molar-refractivity contribution < 1.29 is 16.9 Å². The Kier molecular flexibility index (Phi) is 15.0. The van der Waals surface area contributed by atoms with Gasteiger partial charge in [-0.25, -0.2) is 0 Å². The minimum Gasteiger partial charge on any atom is -1.00 e. The molecular weight excluding hydrogens is 326 g/mol. The number of unbranched alkanes of at least 4 members (excludes halogenated alkanes) is 9. The van der Waals surface area contributed by atoms with Gasteiger partial charge in [-0.2, -0.15) is 0 Å². The van der Waals surface area contributed by atoms with Gasteiger partial charge in [0.1, 0.15) is 0 Å². The molecule has 2 heteroatoms. The monoisotopic (exact) mass is 365 g/mol. The predicted octanol–water partition coefficient (Wildman–Crippen LogP) is 3.74. The average Bonchev–Trinajstić information content (AvgIpc) is 2.62. The molecule has 0 amide bonds. The van der Waals surface area contributed by atoms with Gasteiger partial charge in [0.05, 0.1) is 26.3 Å². The quantitative estimate of drug-likeness (QED) is 0.328. The van der Waals surface area contributed by atoms with E-state index in [1.807, 2.05) is 0 Å². The summed E-state index contributed by atoms with van der Waals surface area (Å²) in [6.07, 6.45) is 17.3. The zero-order valence-corrected chi connectivity index (χ0v) is 17.4. The third-order valence-electron chi connectivity index (χ3n) is 5.22. The van der Waals surface area contributed by atoms with Crippen molar-refractivity contribution in [1.82, 2.24) is 0 Å². The van der Waals surface area contributed by atoms with Gasteiger partial charge in [0, 0.05) is 6.42 Å². The highest BCUT2D eigenvalue weighted by atomic mass is 35.5. The lowest BCUT2D eigenvalue weighted by atomic mass is 10.1. The minimum absolute atomic E-state index is 0. The SMILES string of the molecule is C=C[N+](C)(CCCCCCCCCCCC)CCc1ccccc1.[Cl-]. The highest BCUT2D eigenvalue weighted by molar-refractivity contribution is 5.14. The molecule has 25 heavy (non-hydrogen) atoms. The summed E-state index contributed by atoms with van der Waals surface area (Å²) in [6, 6.07) is 10.8. The first-order valence-electron chi connectivity index (χ1n) is 10.2. The lowest BCUT2D eigenvalue weighted by Crippen LogP contribution is -3.00. The highest BCUT2D eigenvalue weighted by Gasteiger charge is 2.16. The van der Waals surface area contributed by atoms with Crippen molar-refractivity contribution in [1.29, 1.82) is 0 Å². The topological polar surface area (TPSA) is 0 Å². The standard InChI is InChI=1S/C23H40N.ClH/c1-4-6-7-8-9-10-11-12-13-17-21-24(3,5-2)22-20-23-18-15-14-16-19-23;/h5,14-16,18-19H,2,4,6-13,17,20-22H2,1,3H3;1H/q+1;/p-1. The van der Waals surface area contributed by atoms with Crippen LogP contribution < -0.4 is 12.4 Å². The van der Waals surface area contributed by atoms with Gasteiger partial charge < -0.3 is 12.4 Å². The van der Waals surface area contributed by atoms with Gasteiger partial charge in [0.2, 0.25) is 0 Å². The van der Waals surface area contributed by atoms with Crippen LogP contribution in [0.3, 0.4) is 0 Å². The van der Waals surface area contributed by atoms with Crippen molar-refractivity contribution in [3.05, 3.63) is 48.7 Å². The van der Waals surface area contributed by atoms with E-state index in [0.717, 1.165) is 17.4 Å². The lowest BCUT2D eigenvalue weighted by Gasteiger charge is -2.30. The zero-order chi connectivity index (χ0) is 17.5. The Morgan fingerprint density at radius 1 is 0.800 bits per heavy atom. The van der Waals surface area contributed by atoms with Crippen LogP contribution in [0.2, 0.25) is 0 Å². The van der Waals surface area contributed by atoms with Crippen LogP contribution in [-0.4, -0.2) is 24.6 Å². The highest BCUT2D eigenvalue weighted by Crippen LogP contribution is 2.14. The molecule has 1 atom stereocenters. The van der Waals surface area contributed by atoms with Gasteiger partial charge in [0.25, 0.3) is 0 Å². The van der Waals surface area contributed by atoms with Gasteiger partial charge in [0.15, 0.2) is 0 Å². The molecule has 0 aliphatic carbocycles. The first-order valence-corrected chi connectivity index (χ1v) is 10.2. The van der Waals surface area contributed by atoms with Crippen molar-refractivity contribution in [2.75, 3.05) is 20.1 Å². The number of rotatable bonds is 15. The summed E-state index contributed by atoms with van der Waals surface area (Å²) in [6.45, 7) is 8.75. The fourth-order valence-corrected chi connectivity index (χ4v) is 3.28. The van der Waals surface area contributed by atoms with E-state index in [0.29, 0.717) is 0 Å². The van der Waals surface area contributed by atoms with Crippen LogP contribution in [0, 0.1) is 0 Å². The Morgan fingerprint density at radius 2 is 1.32 bits per heavy atom. The van der Waals surface area contributed by atoms with E-state index in [4.69, 9.17) is 0 Å². The third kappa shape index (κ3) is 12.2. The first kappa shape index (κ1) is 24.2. The Hall–Kier alpha value is -0.790. The second-order valence-corrected chi connectivity index (χ2v) is 7.53. The van der Waals surface area contributed by atoms with E-state index in [1.165, 1.54) is 76.3 Å². The third-order valence-corrected chi connectivity index (χ3v) is 5.22. The molecule has 1 nitrogen and oxygen atoms in total. The number of hydrogen-bond donors (Lipinski definition) is 0. The molecule has 0 aromatic heterocycles.